The molecule has 0 aromatic carbocycles. The maximum absolute atomic E-state index is 10.4. The molecule has 90 valence electrons. The Morgan fingerprint density at radius 3 is 1.67 bits per heavy atom. The zero-order valence-electron chi connectivity index (χ0n) is 9.90. The number of carbonyl (C=O) groups is 2. The average Bonchev–Trinajstić information content (AvgIpc) is 2.16. The van der Waals surface area contributed by atoms with Crippen molar-refractivity contribution in [1.82, 2.24) is 0 Å². The number of carbonyl (C=O) groups excluding carboxylic acids is 2. The number of hydrogen-bond acceptors (Lipinski definition) is 5. The lowest BCUT2D eigenvalue weighted by Crippen LogP contribution is -2.29. The zero-order chi connectivity index (χ0) is 12.7. The van der Waals surface area contributed by atoms with Gasteiger partial charge in [0.2, 0.25) is 0 Å². The summed E-state index contributed by atoms with van der Waals surface area (Å²) in [4.78, 5) is 23.7. The maximum atomic E-state index is 10.4. The highest BCUT2D eigenvalue weighted by Crippen LogP contribution is 2.14. The molecule has 0 fully saturated rings. The lowest BCUT2D eigenvalue weighted by Gasteiger charge is -2.15. The molecule has 2 N–H and O–H groups in total. The Balaban J connectivity index is 0. The molecule has 0 saturated carbocycles. The summed E-state index contributed by atoms with van der Waals surface area (Å²) in [6, 6.07) is 0. The predicted molar refractivity (Wildman–Crippen MR) is 55.1 cm³/mol. The summed E-state index contributed by atoms with van der Waals surface area (Å²) < 4.78 is 0. The molecule has 0 heterocycles. The van der Waals surface area contributed by atoms with Crippen LogP contribution in [0.5, 0.6) is 0 Å². The molecule has 5 heteroatoms. The van der Waals surface area contributed by atoms with Crippen LogP contribution in [-0.2, 0) is 14.5 Å². The smallest absolute Gasteiger partial charge is 0.349 e. The molecule has 0 aliphatic rings. The fourth-order valence-corrected chi connectivity index (χ4v) is 0.188. The first-order valence-electron chi connectivity index (χ1n) is 4.53. The first kappa shape index (κ1) is 16.5. The van der Waals surface area contributed by atoms with E-state index in [2.05, 4.69) is 4.89 Å². The molecule has 5 nitrogen and oxygen atoms in total. The third-order valence-electron chi connectivity index (χ3n) is 1.38. The van der Waals surface area contributed by atoms with Crippen LogP contribution in [-0.4, -0.2) is 29.2 Å². The van der Waals surface area contributed by atoms with E-state index in [-0.39, 0.29) is 12.0 Å². The van der Waals surface area contributed by atoms with E-state index in [1.807, 2.05) is 20.8 Å². The first-order valence-corrected chi connectivity index (χ1v) is 4.53. The van der Waals surface area contributed by atoms with E-state index in [1.54, 1.807) is 0 Å². The lowest BCUT2D eigenvalue weighted by atomic mass is 9.96. The molecular weight excluding hydrogens is 200 g/mol. The molecule has 0 atom stereocenters. The quantitative estimate of drug-likeness (QED) is 0.415. The molecule has 0 aromatic heterocycles. The van der Waals surface area contributed by atoms with Gasteiger partial charge in [-0.05, 0) is 13.8 Å². The summed E-state index contributed by atoms with van der Waals surface area (Å²) in [5.41, 5.74) is -1.14. The molecule has 0 aliphatic carbocycles. The molecule has 0 unspecified atom stereocenters. The Hall–Kier alpha value is -0.940. The molecule has 0 aromatic rings. The zero-order valence-corrected chi connectivity index (χ0v) is 9.90. The minimum atomic E-state index is -1.01. The van der Waals surface area contributed by atoms with Crippen LogP contribution in [0, 0.1) is 10.8 Å². The number of aldehydes is 1. The molecule has 0 amide bonds. The summed E-state index contributed by atoms with van der Waals surface area (Å²) in [5.74, 6) is -0.829. The van der Waals surface area contributed by atoms with E-state index in [0.29, 0.717) is 0 Å². The molecule has 15 heavy (non-hydrogen) atoms. The van der Waals surface area contributed by atoms with Crippen molar-refractivity contribution >= 4 is 12.3 Å². The van der Waals surface area contributed by atoms with Gasteiger partial charge in [0.1, 0.15) is 6.29 Å². The summed E-state index contributed by atoms with van der Waals surface area (Å²) >= 11 is 0. The first-order chi connectivity index (χ1) is 6.60. The number of hydrogen-bond donors (Lipinski definition) is 2. The fourth-order valence-electron chi connectivity index (χ4n) is 0.188. The second kappa shape index (κ2) is 6.53. The molecule has 0 bridgehead atoms. The van der Waals surface area contributed by atoms with Crippen LogP contribution in [0.15, 0.2) is 0 Å². The largest absolute Gasteiger partial charge is 0.395 e. The van der Waals surface area contributed by atoms with Crippen molar-refractivity contribution in [3.05, 3.63) is 0 Å². The van der Waals surface area contributed by atoms with Crippen LogP contribution in [0.3, 0.4) is 0 Å². The lowest BCUT2D eigenvalue weighted by molar-refractivity contribution is -0.245. The summed E-state index contributed by atoms with van der Waals surface area (Å²) in [6.07, 6.45) is 0.938. The van der Waals surface area contributed by atoms with E-state index in [9.17, 15) is 9.59 Å². The third-order valence-corrected chi connectivity index (χ3v) is 1.38. The highest BCUT2D eigenvalue weighted by Gasteiger charge is 2.28. The standard InChI is InChI=1S/C5H10O4.C5H10O/c1-5(2,3-6)4(7)9-8;1-5(2,3)4-6/h6,8H,3H2,1-2H3;4H,1-3H3. The Labute approximate surface area is 90.0 Å². The van der Waals surface area contributed by atoms with Gasteiger partial charge in [0.25, 0.3) is 0 Å². The van der Waals surface area contributed by atoms with E-state index >= 15 is 0 Å². The normalized spacial score (nSPS) is 11.1. The van der Waals surface area contributed by atoms with Gasteiger partial charge in [-0.1, -0.05) is 20.8 Å². The molecule has 0 saturated heterocycles. The predicted octanol–water partition coefficient (Wildman–Crippen LogP) is 1.25. The van der Waals surface area contributed by atoms with Crippen molar-refractivity contribution in [2.75, 3.05) is 6.61 Å². The minimum Gasteiger partial charge on any atom is -0.395 e. The maximum Gasteiger partial charge on any atom is 0.349 e. The summed E-state index contributed by atoms with van der Waals surface area (Å²) in [7, 11) is 0. The Morgan fingerprint density at radius 1 is 1.27 bits per heavy atom. The molecular formula is C10H20O5. The van der Waals surface area contributed by atoms with Gasteiger partial charge >= 0.3 is 5.97 Å². The minimum absolute atomic E-state index is 0.139. The monoisotopic (exact) mass is 220 g/mol. The van der Waals surface area contributed by atoms with Crippen LogP contribution < -0.4 is 0 Å². The SMILES string of the molecule is CC(C)(C)C=O.CC(C)(CO)C(=O)OO. The molecule has 0 rings (SSSR count). The second-order valence-electron chi connectivity index (χ2n) is 4.90. The van der Waals surface area contributed by atoms with Crippen LogP contribution in [0.4, 0.5) is 0 Å². The molecule has 0 radical (unpaired) electrons. The molecule has 0 spiro atoms. The van der Waals surface area contributed by atoms with Gasteiger partial charge in [-0.15, -0.1) is 0 Å². The Kier molecular flexibility index (Phi) is 7.17. The van der Waals surface area contributed by atoms with Gasteiger partial charge in [-0.2, -0.15) is 5.26 Å². The average molecular weight is 220 g/mol. The number of aliphatic hydroxyl groups excluding tert-OH is 1. The van der Waals surface area contributed by atoms with Gasteiger partial charge in [0.15, 0.2) is 0 Å². The van der Waals surface area contributed by atoms with Crippen molar-refractivity contribution < 1.29 is 24.8 Å². The van der Waals surface area contributed by atoms with Crippen molar-refractivity contribution in [1.29, 1.82) is 0 Å². The third kappa shape index (κ3) is 9.37. The van der Waals surface area contributed by atoms with Crippen LogP contribution in [0.2, 0.25) is 0 Å². The highest BCUT2D eigenvalue weighted by atomic mass is 17.1. The summed E-state index contributed by atoms with van der Waals surface area (Å²) in [6.45, 7) is 8.21. The number of aliphatic hydroxyl groups is 1. The van der Waals surface area contributed by atoms with Crippen LogP contribution >= 0.6 is 0 Å². The number of rotatable bonds is 2. The Bertz CT molecular complexity index is 202. The van der Waals surface area contributed by atoms with Crippen molar-refractivity contribution in [2.24, 2.45) is 10.8 Å². The topological polar surface area (TPSA) is 83.8 Å². The second-order valence-corrected chi connectivity index (χ2v) is 4.90. The van der Waals surface area contributed by atoms with Crippen molar-refractivity contribution in [3.8, 4) is 0 Å². The molecule has 0 aliphatic heterocycles. The van der Waals surface area contributed by atoms with Gasteiger partial charge in [-0.3, -0.25) is 0 Å². The van der Waals surface area contributed by atoms with Gasteiger partial charge in [-0.25, -0.2) is 4.79 Å². The van der Waals surface area contributed by atoms with Crippen molar-refractivity contribution in [2.45, 2.75) is 34.6 Å². The van der Waals surface area contributed by atoms with Gasteiger partial charge < -0.3 is 14.8 Å². The highest BCUT2D eigenvalue weighted by molar-refractivity contribution is 5.75. The van der Waals surface area contributed by atoms with Crippen LogP contribution in [0.25, 0.3) is 0 Å². The fraction of sp³-hybridized carbons (Fsp3) is 0.800. The van der Waals surface area contributed by atoms with E-state index in [4.69, 9.17) is 10.4 Å². The van der Waals surface area contributed by atoms with E-state index in [0.717, 1.165) is 6.29 Å². The van der Waals surface area contributed by atoms with Crippen LogP contribution in [0.1, 0.15) is 34.6 Å². The van der Waals surface area contributed by atoms with E-state index in [1.165, 1.54) is 13.8 Å². The van der Waals surface area contributed by atoms with Gasteiger partial charge in [0.05, 0.1) is 12.0 Å². The Morgan fingerprint density at radius 2 is 1.60 bits per heavy atom. The van der Waals surface area contributed by atoms with E-state index < -0.39 is 11.4 Å². The van der Waals surface area contributed by atoms with Crippen molar-refractivity contribution in [3.63, 3.8) is 0 Å². The van der Waals surface area contributed by atoms with Gasteiger partial charge in [0, 0.05) is 5.41 Å². The summed E-state index contributed by atoms with van der Waals surface area (Å²) in [5, 5.41) is 16.3.